The van der Waals surface area contributed by atoms with Crippen LogP contribution < -0.4 is 5.73 Å². The first-order chi connectivity index (χ1) is 5.90. The molecule has 0 aliphatic rings. The van der Waals surface area contributed by atoms with Crippen molar-refractivity contribution < 1.29 is 0 Å². The number of aliphatic imine (C=N–C) groups is 1. The first-order valence-corrected chi connectivity index (χ1v) is 5.19. The lowest BCUT2D eigenvalue weighted by atomic mass is 9.81. The smallest absolute Gasteiger partial charge is 0.0937 e. The SMILES string of the molecule is CCCC(N)=NCC(C)(C)C(C)C. The molecule has 78 valence electrons. The monoisotopic (exact) mass is 184 g/mol. The van der Waals surface area contributed by atoms with E-state index in [2.05, 4.69) is 39.6 Å². The highest BCUT2D eigenvalue weighted by Crippen LogP contribution is 2.25. The summed E-state index contributed by atoms with van der Waals surface area (Å²) in [4.78, 5) is 4.40. The Kier molecular flexibility index (Phi) is 5.04. The summed E-state index contributed by atoms with van der Waals surface area (Å²) in [5.74, 6) is 1.45. The van der Waals surface area contributed by atoms with Crippen LogP contribution in [0.2, 0.25) is 0 Å². The molecule has 2 N–H and O–H groups in total. The lowest BCUT2D eigenvalue weighted by Gasteiger charge is -2.27. The second-order valence-corrected chi connectivity index (χ2v) is 4.70. The highest BCUT2D eigenvalue weighted by molar-refractivity contribution is 5.80. The molecule has 0 radical (unpaired) electrons. The van der Waals surface area contributed by atoms with Crippen molar-refractivity contribution in [2.24, 2.45) is 22.1 Å². The zero-order valence-corrected chi connectivity index (χ0v) is 9.72. The van der Waals surface area contributed by atoms with E-state index in [0.717, 1.165) is 25.2 Å². The largest absolute Gasteiger partial charge is 0.387 e. The molecule has 0 aromatic heterocycles. The predicted molar refractivity (Wildman–Crippen MR) is 60.0 cm³/mol. The van der Waals surface area contributed by atoms with Crippen LogP contribution in [0.15, 0.2) is 4.99 Å². The molecule has 0 aromatic rings. The van der Waals surface area contributed by atoms with Crippen LogP contribution in [0.3, 0.4) is 0 Å². The van der Waals surface area contributed by atoms with E-state index in [1.54, 1.807) is 0 Å². The number of amidine groups is 1. The number of hydrogen-bond acceptors (Lipinski definition) is 1. The summed E-state index contributed by atoms with van der Waals surface area (Å²) in [6.45, 7) is 11.9. The van der Waals surface area contributed by atoms with E-state index in [9.17, 15) is 0 Å². The second kappa shape index (κ2) is 5.25. The van der Waals surface area contributed by atoms with Gasteiger partial charge in [0.05, 0.1) is 5.84 Å². The summed E-state index contributed by atoms with van der Waals surface area (Å²) in [6, 6.07) is 0. The van der Waals surface area contributed by atoms with Crippen molar-refractivity contribution in [3.8, 4) is 0 Å². The van der Waals surface area contributed by atoms with Crippen LogP contribution in [0.4, 0.5) is 0 Å². The molecule has 2 nitrogen and oxygen atoms in total. The van der Waals surface area contributed by atoms with Crippen molar-refractivity contribution in [2.45, 2.75) is 47.5 Å². The fraction of sp³-hybridized carbons (Fsp3) is 0.909. The van der Waals surface area contributed by atoms with Gasteiger partial charge < -0.3 is 5.73 Å². The van der Waals surface area contributed by atoms with Crippen molar-refractivity contribution in [3.63, 3.8) is 0 Å². The molecule has 13 heavy (non-hydrogen) atoms. The topological polar surface area (TPSA) is 38.4 Å². The van der Waals surface area contributed by atoms with Gasteiger partial charge in [-0.1, -0.05) is 34.6 Å². The Balaban J connectivity index is 4.06. The van der Waals surface area contributed by atoms with Crippen molar-refractivity contribution in [3.05, 3.63) is 0 Å². The van der Waals surface area contributed by atoms with Crippen LogP contribution in [-0.2, 0) is 0 Å². The lowest BCUT2D eigenvalue weighted by Crippen LogP contribution is -2.25. The third-order valence-corrected chi connectivity index (χ3v) is 2.76. The maximum absolute atomic E-state index is 5.74. The summed E-state index contributed by atoms with van der Waals surface area (Å²) in [5, 5.41) is 0. The molecular weight excluding hydrogens is 160 g/mol. The van der Waals surface area contributed by atoms with Crippen molar-refractivity contribution in [1.82, 2.24) is 0 Å². The summed E-state index contributed by atoms with van der Waals surface area (Å²) in [7, 11) is 0. The molecule has 2 heteroatoms. The van der Waals surface area contributed by atoms with E-state index >= 15 is 0 Å². The van der Waals surface area contributed by atoms with E-state index in [0.29, 0.717) is 5.92 Å². The Bertz CT molecular complexity index is 169. The van der Waals surface area contributed by atoms with Crippen LogP contribution >= 0.6 is 0 Å². The fourth-order valence-corrected chi connectivity index (χ4v) is 0.823. The summed E-state index contributed by atoms with van der Waals surface area (Å²) in [5.41, 5.74) is 6.00. The first kappa shape index (κ1) is 12.5. The standard InChI is InChI=1S/C11H24N2/c1-6-7-10(12)13-8-11(4,5)9(2)3/h9H,6-8H2,1-5H3,(H2,12,13). The fourth-order valence-electron chi connectivity index (χ4n) is 0.823. The van der Waals surface area contributed by atoms with Gasteiger partial charge >= 0.3 is 0 Å². The van der Waals surface area contributed by atoms with Crippen molar-refractivity contribution in [2.75, 3.05) is 6.54 Å². The molecule has 0 heterocycles. The summed E-state index contributed by atoms with van der Waals surface area (Å²) >= 11 is 0. The maximum atomic E-state index is 5.74. The maximum Gasteiger partial charge on any atom is 0.0937 e. The Labute approximate surface area is 82.6 Å². The normalized spacial score (nSPS) is 13.8. The Morgan fingerprint density at radius 1 is 1.38 bits per heavy atom. The molecule has 0 saturated carbocycles. The minimum absolute atomic E-state index is 0.262. The molecule has 0 aromatic carbocycles. The average Bonchev–Trinajstić information content (AvgIpc) is 2.01. The quantitative estimate of drug-likeness (QED) is 0.518. The van der Waals surface area contributed by atoms with E-state index in [1.807, 2.05) is 0 Å². The lowest BCUT2D eigenvalue weighted by molar-refractivity contribution is 0.262. The van der Waals surface area contributed by atoms with Gasteiger partial charge in [-0.25, -0.2) is 0 Å². The molecule has 0 amide bonds. The van der Waals surface area contributed by atoms with Gasteiger partial charge in [0.25, 0.3) is 0 Å². The molecule has 0 spiro atoms. The van der Waals surface area contributed by atoms with Crippen LogP contribution in [0, 0.1) is 11.3 Å². The summed E-state index contributed by atoms with van der Waals surface area (Å²) < 4.78 is 0. The zero-order valence-electron chi connectivity index (χ0n) is 9.72. The molecule has 0 aliphatic heterocycles. The van der Waals surface area contributed by atoms with Gasteiger partial charge in [-0.05, 0) is 17.8 Å². The average molecular weight is 184 g/mol. The third kappa shape index (κ3) is 4.91. The van der Waals surface area contributed by atoms with Crippen LogP contribution in [0.25, 0.3) is 0 Å². The Hall–Kier alpha value is -0.530. The van der Waals surface area contributed by atoms with Crippen LogP contribution in [0.5, 0.6) is 0 Å². The van der Waals surface area contributed by atoms with E-state index in [4.69, 9.17) is 5.73 Å². The number of rotatable bonds is 5. The minimum atomic E-state index is 0.262. The molecule has 0 saturated heterocycles. The molecule has 0 atom stereocenters. The molecule has 0 unspecified atom stereocenters. The van der Waals surface area contributed by atoms with Gasteiger partial charge in [-0.2, -0.15) is 0 Å². The van der Waals surface area contributed by atoms with Gasteiger partial charge in [0.15, 0.2) is 0 Å². The highest BCUT2D eigenvalue weighted by atomic mass is 14.9. The minimum Gasteiger partial charge on any atom is -0.387 e. The Morgan fingerprint density at radius 3 is 2.31 bits per heavy atom. The number of hydrogen-bond donors (Lipinski definition) is 1. The van der Waals surface area contributed by atoms with Crippen molar-refractivity contribution in [1.29, 1.82) is 0 Å². The molecule has 0 rings (SSSR count). The van der Waals surface area contributed by atoms with Crippen LogP contribution in [-0.4, -0.2) is 12.4 Å². The number of nitrogens with zero attached hydrogens (tertiary/aromatic N) is 1. The summed E-state index contributed by atoms with van der Waals surface area (Å²) in [6.07, 6.45) is 2.01. The zero-order chi connectivity index (χ0) is 10.5. The molecule has 0 aliphatic carbocycles. The van der Waals surface area contributed by atoms with Gasteiger partial charge in [0.2, 0.25) is 0 Å². The van der Waals surface area contributed by atoms with Gasteiger partial charge in [0.1, 0.15) is 0 Å². The van der Waals surface area contributed by atoms with Crippen molar-refractivity contribution >= 4 is 5.84 Å². The van der Waals surface area contributed by atoms with E-state index in [-0.39, 0.29) is 5.41 Å². The molecule has 0 bridgehead atoms. The van der Waals surface area contributed by atoms with E-state index < -0.39 is 0 Å². The number of nitrogens with two attached hydrogens (primary N) is 1. The highest BCUT2D eigenvalue weighted by Gasteiger charge is 2.21. The van der Waals surface area contributed by atoms with E-state index in [1.165, 1.54) is 0 Å². The van der Waals surface area contributed by atoms with Crippen LogP contribution in [0.1, 0.15) is 47.5 Å². The molecular formula is C11H24N2. The van der Waals surface area contributed by atoms with Gasteiger partial charge in [0, 0.05) is 13.0 Å². The first-order valence-electron chi connectivity index (χ1n) is 5.19. The second-order valence-electron chi connectivity index (χ2n) is 4.70. The predicted octanol–water partition coefficient (Wildman–Crippen LogP) is 2.83. The van der Waals surface area contributed by atoms with Gasteiger partial charge in [-0.15, -0.1) is 0 Å². The Morgan fingerprint density at radius 2 is 1.92 bits per heavy atom. The third-order valence-electron chi connectivity index (χ3n) is 2.76. The van der Waals surface area contributed by atoms with Gasteiger partial charge in [-0.3, -0.25) is 4.99 Å². The molecule has 0 fully saturated rings.